The summed E-state index contributed by atoms with van der Waals surface area (Å²) in [4.78, 5) is 24.5. The molecule has 0 atom stereocenters. The number of nitrogens with zero attached hydrogens (tertiary/aromatic N) is 2. The normalized spacial score (nSPS) is 17.9. The molecule has 0 spiro atoms. The van der Waals surface area contributed by atoms with E-state index in [0.29, 0.717) is 6.42 Å². The van der Waals surface area contributed by atoms with E-state index in [1.165, 1.54) is 24.3 Å². The molecule has 0 saturated heterocycles. The largest absolute Gasteiger partial charge is 0.478 e. The number of aliphatic carboxylic acids is 1. The number of ketones is 1. The van der Waals surface area contributed by atoms with E-state index in [-0.39, 0.29) is 41.1 Å². The number of nitriles is 1. The second-order valence-corrected chi connectivity index (χ2v) is 6.01. The summed E-state index contributed by atoms with van der Waals surface area (Å²) < 4.78 is 41.4. The third-order valence-corrected chi connectivity index (χ3v) is 4.40. The molecule has 0 unspecified atom stereocenters. The average molecular weight is 362 g/mol. The number of carbonyl (C=O) groups is 2. The van der Waals surface area contributed by atoms with Crippen molar-refractivity contribution in [2.24, 2.45) is 0 Å². The van der Waals surface area contributed by atoms with Gasteiger partial charge in [0, 0.05) is 29.8 Å². The Hall–Kier alpha value is -3.08. The summed E-state index contributed by atoms with van der Waals surface area (Å²) in [6.45, 7) is 0. The molecule has 1 N–H and O–H groups in total. The van der Waals surface area contributed by atoms with Gasteiger partial charge in [-0.15, -0.1) is 0 Å². The molecule has 0 fully saturated rings. The Balaban J connectivity index is 2.30. The topological polar surface area (TPSA) is 81.4 Å². The number of hydrogen-bond acceptors (Lipinski definition) is 4. The zero-order valence-corrected chi connectivity index (χ0v) is 13.4. The first-order valence-electron chi connectivity index (χ1n) is 7.83. The van der Waals surface area contributed by atoms with Crippen molar-refractivity contribution in [3.63, 3.8) is 0 Å². The van der Waals surface area contributed by atoms with E-state index in [1.54, 1.807) is 0 Å². The van der Waals surface area contributed by atoms with E-state index in [4.69, 9.17) is 5.26 Å². The quantitative estimate of drug-likeness (QED) is 0.868. The van der Waals surface area contributed by atoms with Gasteiger partial charge in [-0.25, -0.2) is 4.79 Å². The van der Waals surface area contributed by atoms with Crippen LogP contribution in [0.3, 0.4) is 0 Å². The number of benzene rings is 1. The van der Waals surface area contributed by atoms with Gasteiger partial charge in [-0.2, -0.15) is 18.4 Å². The number of alkyl halides is 3. The van der Waals surface area contributed by atoms with Gasteiger partial charge in [0.15, 0.2) is 5.78 Å². The van der Waals surface area contributed by atoms with Gasteiger partial charge in [-0.05, 0) is 31.0 Å². The fourth-order valence-corrected chi connectivity index (χ4v) is 3.33. The molecule has 1 aliphatic heterocycles. The third kappa shape index (κ3) is 2.96. The van der Waals surface area contributed by atoms with Crippen molar-refractivity contribution in [1.82, 2.24) is 0 Å². The molecule has 26 heavy (non-hydrogen) atoms. The Morgan fingerprint density at radius 2 is 2.00 bits per heavy atom. The lowest BCUT2D eigenvalue weighted by Gasteiger charge is -2.38. The number of allylic oxidation sites excluding steroid dienone is 3. The van der Waals surface area contributed by atoms with Crippen LogP contribution in [0.4, 0.5) is 18.9 Å². The predicted molar refractivity (Wildman–Crippen MR) is 84.9 cm³/mol. The molecule has 134 valence electrons. The number of carbonyl (C=O) groups excluding carboxylic acids is 1. The van der Waals surface area contributed by atoms with E-state index in [1.807, 2.05) is 6.07 Å². The zero-order valence-electron chi connectivity index (χ0n) is 13.4. The maximum atomic E-state index is 13.8. The van der Waals surface area contributed by atoms with E-state index in [0.717, 1.165) is 4.90 Å². The molecule has 1 aromatic rings. The number of hydrogen-bond donors (Lipinski definition) is 1. The predicted octanol–water partition coefficient (Wildman–Crippen LogP) is 3.68. The molecule has 0 bridgehead atoms. The molecular formula is C18H13F3N2O3. The van der Waals surface area contributed by atoms with Crippen LogP contribution in [0.15, 0.2) is 46.8 Å². The molecule has 0 saturated carbocycles. The lowest BCUT2D eigenvalue weighted by Crippen LogP contribution is -2.39. The van der Waals surface area contributed by atoms with Gasteiger partial charge in [0.2, 0.25) is 0 Å². The third-order valence-electron chi connectivity index (χ3n) is 4.40. The van der Waals surface area contributed by atoms with Crippen molar-refractivity contribution < 1.29 is 27.9 Å². The zero-order chi connectivity index (χ0) is 19.1. The maximum Gasteiger partial charge on any atom is 0.432 e. The van der Waals surface area contributed by atoms with E-state index in [9.17, 15) is 27.9 Å². The van der Waals surface area contributed by atoms with Gasteiger partial charge in [0.1, 0.15) is 5.70 Å². The van der Waals surface area contributed by atoms with Crippen LogP contribution in [0.1, 0.15) is 31.2 Å². The minimum atomic E-state index is -4.94. The highest BCUT2D eigenvalue weighted by Crippen LogP contribution is 2.45. The molecule has 0 radical (unpaired) electrons. The SMILES string of the molecule is N#Cc1cccc(N2C3=C(CC(C(=O)O)=C2C(F)(F)F)C(=O)CCC3)c1. The van der Waals surface area contributed by atoms with E-state index >= 15 is 0 Å². The fraction of sp³-hybridized carbons (Fsp3) is 0.278. The van der Waals surface area contributed by atoms with E-state index in [2.05, 4.69) is 0 Å². The number of halogens is 3. The Bertz CT molecular complexity index is 907. The second kappa shape index (κ2) is 6.33. The highest BCUT2D eigenvalue weighted by molar-refractivity contribution is 6.02. The highest BCUT2D eigenvalue weighted by Gasteiger charge is 2.47. The molecule has 0 amide bonds. The fourth-order valence-electron chi connectivity index (χ4n) is 3.33. The van der Waals surface area contributed by atoms with Crippen molar-refractivity contribution in [2.45, 2.75) is 31.9 Å². The number of carboxylic acids is 1. The average Bonchev–Trinajstić information content (AvgIpc) is 2.59. The van der Waals surface area contributed by atoms with Gasteiger partial charge in [-0.1, -0.05) is 6.07 Å². The van der Waals surface area contributed by atoms with Gasteiger partial charge in [-0.3, -0.25) is 4.79 Å². The highest BCUT2D eigenvalue weighted by atomic mass is 19.4. The summed E-state index contributed by atoms with van der Waals surface area (Å²) in [5, 5.41) is 18.4. The Kier molecular flexibility index (Phi) is 4.32. The summed E-state index contributed by atoms with van der Waals surface area (Å²) >= 11 is 0. The van der Waals surface area contributed by atoms with E-state index < -0.39 is 29.8 Å². The van der Waals surface area contributed by atoms with Gasteiger partial charge >= 0.3 is 12.1 Å². The molecule has 5 nitrogen and oxygen atoms in total. The van der Waals surface area contributed by atoms with Gasteiger partial charge in [0.25, 0.3) is 0 Å². The van der Waals surface area contributed by atoms with Crippen LogP contribution >= 0.6 is 0 Å². The molecular weight excluding hydrogens is 349 g/mol. The minimum absolute atomic E-state index is 0.0111. The van der Waals surface area contributed by atoms with Crippen LogP contribution < -0.4 is 4.90 Å². The minimum Gasteiger partial charge on any atom is -0.478 e. The van der Waals surface area contributed by atoms with Crippen molar-refractivity contribution in [1.29, 1.82) is 5.26 Å². The summed E-state index contributed by atoms with van der Waals surface area (Å²) in [6.07, 6.45) is -4.69. The molecule has 1 aromatic carbocycles. The molecule has 8 heteroatoms. The van der Waals surface area contributed by atoms with Gasteiger partial charge in [0.05, 0.1) is 17.2 Å². The van der Waals surface area contributed by atoms with Crippen LogP contribution in [0, 0.1) is 11.3 Å². The summed E-state index contributed by atoms with van der Waals surface area (Å²) in [7, 11) is 0. The number of anilines is 1. The monoisotopic (exact) mass is 362 g/mol. The molecule has 3 rings (SSSR count). The Morgan fingerprint density at radius 1 is 1.27 bits per heavy atom. The maximum absolute atomic E-state index is 13.8. The van der Waals surface area contributed by atoms with Crippen molar-refractivity contribution in [3.05, 3.63) is 52.4 Å². The lowest BCUT2D eigenvalue weighted by molar-refractivity contribution is -0.134. The molecule has 2 aliphatic rings. The first-order chi connectivity index (χ1) is 12.2. The first-order valence-corrected chi connectivity index (χ1v) is 7.83. The van der Waals surface area contributed by atoms with Crippen molar-refractivity contribution in [2.75, 3.05) is 4.90 Å². The standard InChI is InChI=1S/C18H13F3N2O3/c19-18(20,21)16-13(17(25)26)8-12-14(5-2-6-15(12)24)23(16)11-4-1-3-10(7-11)9-22/h1,3-4,7H,2,5-6,8H2,(H,25,26). The number of rotatable bonds is 2. The number of Topliss-reactive ketones (excluding diaryl/α,β-unsaturated/α-hetero) is 1. The van der Waals surface area contributed by atoms with Gasteiger partial charge < -0.3 is 10.0 Å². The number of carboxylic acid groups (broad SMARTS) is 1. The van der Waals surface area contributed by atoms with Crippen molar-refractivity contribution >= 4 is 17.4 Å². The van der Waals surface area contributed by atoms with Crippen LogP contribution in [-0.2, 0) is 9.59 Å². The molecule has 1 heterocycles. The lowest BCUT2D eigenvalue weighted by atomic mass is 9.85. The van der Waals surface area contributed by atoms with Crippen molar-refractivity contribution in [3.8, 4) is 6.07 Å². The molecule has 0 aromatic heterocycles. The Labute approximate surface area is 146 Å². The smallest absolute Gasteiger partial charge is 0.432 e. The van der Waals surface area contributed by atoms with Crippen LogP contribution in [0.25, 0.3) is 0 Å². The summed E-state index contributed by atoms with van der Waals surface area (Å²) in [5.41, 5.74) is -1.77. The van der Waals surface area contributed by atoms with Crippen LogP contribution in [-0.4, -0.2) is 23.0 Å². The Morgan fingerprint density at radius 3 is 2.62 bits per heavy atom. The van der Waals surface area contributed by atoms with Crippen LogP contribution in [0.2, 0.25) is 0 Å². The second-order valence-electron chi connectivity index (χ2n) is 6.01. The summed E-state index contributed by atoms with van der Waals surface area (Å²) in [5.74, 6) is -2.06. The molecule has 1 aliphatic carbocycles. The van der Waals surface area contributed by atoms with Crippen LogP contribution in [0.5, 0.6) is 0 Å². The summed E-state index contributed by atoms with van der Waals surface area (Å²) in [6, 6.07) is 7.32. The first kappa shape index (κ1) is 17.7.